The van der Waals surface area contributed by atoms with E-state index in [4.69, 9.17) is 10.2 Å². The van der Waals surface area contributed by atoms with Crippen LogP contribution in [-0.2, 0) is 6.42 Å². The van der Waals surface area contributed by atoms with Crippen molar-refractivity contribution in [1.82, 2.24) is 15.1 Å². The van der Waals surface area contributed by atoms with E-state index in [0.29, 0.717) is 24.9 Å². The van der Waals surface area contributed by atoms with Gasteiger partial charge in [-0.05, 0) is 55.8 Å². The Morgan fingerprint density at radius 3 is 2.08 bits per heavy atom. The van der Waals surface area contributed by atoms with Crippen LogP contribution in [0.4, 0.5) is 6.01 Å². The molecule has 1 saturated heterocycles. The van der Waals surface area contributed by atoms with Crippen LogP contribution in [0.25, 0.3) is 0 Å². The predicted octanol–water partition coefficient (Wildman–Crippen LogP) is 2.36. The number of halogens is 2. The first-order valence-corrected chi connectivity index (χ1v) is 9.81. The van der Waals surface area contributed by atoms with E-state index in [2.05, 4.69) is 20.0 Å². The van der Waals surface area contributed by atoms with Crippen molar-refractivity contribution in [2.24, 2.45) is 29.4 Å². The molecule has 6 rings (SSSR count). The first-order chi connectivity index (χ1) is 11.8. The Balaban J connectivity index is 0.000000980. The van der Waals surface area contributed by atoms with Crippen LogP contribution in [0.15, 0.2) is 4.42 Å². The Bertz CT molecular complexity index is 562. The maximum Gasteiger partial charge on any atom is 0.318 e. The zero-order valence-electron chi connectivity index (χ0n) is 15.3. The van der Waals surface area contributed by atoms with Gasteiger partial charge in [0, 0.05) is 45.2 Å². The molecule has 1 aromatic rings. The molecular formula is C18H31Cl2N5O. The largest absolute Gasteiger partial charge is 0.408 e. The summed E-state index contributed by atoms with van der Waals surface area (Å²) < 4.78 is 5.74. The highest BCUT2D eigenvalue weighted by atomic mass is 35.5. The Hall–Kier alpha value is -0.560. The van der Waals surface area contributed by atoms with Crippen molar-refractivity contribution in [3.63, 3.8) is 0 Å². The maximum atomic E-state index is 5.74. The number of anilines is 1. The van der Waals surface area contributed by atoms with E-state index in [1.54, 1.807) is 0 Å². The van der Waals surface area contributed by atoms with Crippen LogP contribution in [-0.4, -0.2) is 53.9 Å². The summed E-state index contributed by atoms with van der Waals surface area (Å²) in [6.07, 6.45) is 8.22. The smallest absolute Gasteiger partial charge is 0.318 e. The third-order valence-electron chi connectivity index (χ3n) is 7.00. The lowest BCUT2D eigenvalue weighted by Gasteiger charge is -2.58. The Morgan fingerprint density at radius 2 is 1.50 bits per heavy atom. The molecular weight excluding hydrogens is 373 g/mol. The first-order valence-electron chi connectivity index (χ1n) is 9.81. The van der Waals surface area contributed by atoms with E-state index in [1.165, 1.54) is 32.1 Å². The number of aromatic nitrogens is 2. The van der Waals surface area contributed by atoms with Gasteiger partial charge in [0.05, 0.1) is 0 Å². The van der Waals surface area contributed by atoms with Crippen LogP contribution >= 0.6 is 24.8 Å². The summed E-state index contributed by atoms with van der Waals surface area (Å²) in [5.41, 5.74) is 5.56. The van der Waals surface area contributed by atoms with Gasteiger partial charge in [0.2, 0.25) is 5.89 Å². The van der Waals surface area contributed by atoms with Gasteiger partial charge >= 0.3 is 6.01 Å². The number of piperazine rings is 1. The molecule has 0 aromatic carbocycles. The number of hydrogen-bond donors (Lipinski definition) is 1. The number of rotatable bonds is 4. The van der Waals surface area contributed by atoms with Crippen LogP contribution in [0.3, 0.4) is 0 Å². The molecule has 8 heteroatoms. The molecule has 0 spiro atoms. The Labute approximate surface area is 168 Å². The Morgan fingerprint density at radius 1 is 0.885 bits per heavy atom. The van der Waals surface area contributed by atoms with Gasteiger partial charge < -0.3 is 15.1 Å². The molecule has 4 bridgehead atoms. The minimum Gasteiger partial charge on any atom is -0.408 e. The van der Waals surface area contributed by atoms with Crippen molar-refractivity contribution >= 4 is 30.8 Å². The summed E-state index contributed by atoms with van der Waals surface area (Å²) in [6, 6.07) is 1.54. The topological polar surface area (TPSA) is 71.4 Å². The summed E-state index contributed by atoms with van der Waals surface area (Å²) in [7, 11) is 0. The lowest BCUT2D eigenvalue weighted by molar-refractivity contribution is -0.0666. The lowest BCUT2D eigenvalue weighted by atomic mass is 9.54. The van der Waals surface area contributed by atoms with Crippen molar-refractivity contribution in [3.05, 3.63) is 5.89 Å². The van der Waals surface area contributed by atoms with Gasteiger partial charge in [-0.1, -0.05) is 5.10 Å². The number of nitrogens with zero attached hydrogens (tertiary/aromatic N) is 4. The summed E-state index contributed by atoms with van der Waals surface area (Å²) in [4.78, 5) is 5.04. The molecule has 5 aliphatic rings. The lowest BCUT2D eigenvalue weighted by Crippen LogP contribution is -2.60. The fourth-order valence-corrected chi connectivity index (χ4v) is 6.30. The second kappa shape index (κ2) is 8.21. The van der Waals surface area contributed by atoms with E-state index in [-0.39, 0.29) is 24.8 Å². The number of nitrogens with two attached hydrogens (primary N) is 1. The minimum absolute atomic E-state index is 0. The summed E-state index contributed by atoms with van der Waals surface area (Å²) in [5.74, 6) is 4.74. The van der Waals surface area contributed by atoms with E-state index in [0.717, 1.165) is 55.9 Å². The standard InChI is InChI=1S/C18H29N5O.2ClH/c19-2-1-16-20-21-18(24-16)23-5-3-22(4-6-23)17-14-8-12-7-13(10-14)11-15(17)9-12;;/h12-15,17H,1-11,19H2;2*1H. The monoisotopic (exact) mass is 403 g/mol. The second-order valence-electron chi connectivity index (χ2n) is 8.46. The third kappa shape index (κ3) is 3.58. The zero-order valence-corrected chi connectivity index (χ0v) is 16.9. The van der Waals surface area contributed by atoms with E-state index in [9.17, 15) is 0 Å². The normalized spacial score (nSPS) is 35.9. The van der Waals surface area contributed by atoms with E-state index in [1.807, 2.05) is 0 Å². The molecule has 6 nitrogen and oxygen atoms in total. The highest BCUT2D eigenvalue weighted by molar-refractivity contribution is 5.85. The van der Waals surface area contributed by atoms with Crippen molar-refractivity contribution in [2.75, 3.05) is 37.6 Å². The van der Waals surface area contributed by atoms with Gasteiger partial charge in [0.25, 0.3) is 0 Å². The molecule has 4 aliphatic carbocycles. The molecule has 1 aromatic heterocycles. The van der Waals surface area contributed by atoms with Crippen molar-refractivity contribution in [3.8, 4) is 0 Å². The molecule has 0 radical (unpaired) electrons. The Kier molecular flexibility index (Phi) is 6.37. The quantitative estimate of drug-likeness (QED) is 0.831. The predicted molar refractivity (Wildman–Crippen MR) is 106 cm³/mol. The molecule has 5 fully saturated rings. The van der Waals surface area contributed by atoms with Crippen LogP contribution in [0, 0.1) is 23.7 Å². The molecule has 26 heavy (non-hydrogen) atoms. The molecule has 0 amide bonds. The van der Waals surface area contributed by atoms with Gasteiger partial charge in [-0.15, -0.1) is 29.9 Å². The molecule has 0 unspecified atom stereocenters. The summed E-state index contributed by atoms with van der Waals surface area (Å²) in [5, 5.41) is 8.30. The van der Waals surface area contributed by atoms with Crippen LogP contribution in [0.1, 0.15) is 38.0 Å². The summed E-state index contributed by atoms with van der Waals surface area (Å²) >= 11 is 0. The fraction of sp³-hybridized carbons (Fsp3) is 0.889. The third-order valence-corrected chi connectivity index (χ3v) is 7.00. The first kappa shape index (κ1) is 20.2. The van der Waals surface area contributed by atoms with Crippen molar-refractivity contribution < 1.29 is 4.42 Å². The SMILES string of the molecule is Cl.Cl.NCCc1nnc(N2CCN(C3C4CC5CC(C4)CC3C5)CC2)o1. The fourth-order valence-electron chi connectivity index (χ4n) is 6.30. The summed E-state index contributed by atoms with van der Waals surface area (Å²) in [6.45, 7) is 4.85. The maximum absolute atomic E-state index is 5.74. The van der Waals surface area contributed by atoms with Gasteiger partial charge in [0.15, 0.2) is 0 Å². The molecule has 4 saturated carbocycles. The minimum atomic E-state index is 0. The highest BCUT2D eigenvalue weighted by Gasteiger charge is 2.50. The van der Waals surface area contributed by atoms with Gasteiger partial charge in [-0.3, -0.25) is 4.90 Å². The van der Waals surface area contributed by atoms with Crippen LogP contribution < -0.4 is 10.6 Å². The van der Waals surface area contributed by atoms with Crippen molar-refractivity contribution in [2.45, 2.75) is 44.6 Å². The molecule has 0 atom stereocenters. The van der Waals surface area contributed by atoms with Gasteiger partial charge in [-0.25, -0.2) is 0 Å². The average Bonchev–Trinajstić information content (AvgIpc) is 3.03. The van der Waals surface area contributed by atoms with E-state index >= 15 is 0 Å². The number of hydrogen-bond acceptors (Lipinski definition) is 6. The molecule has 148 valence electrons. The molecule has 2 heterocycles. The zero-order chi connectivity index (χ0) is 16.1. The second-order valence-corrected chi connectivity index (χ2v) is 8.46. The van der Waals surface area contributed by atoms with Gasteiger partial charge in [-0.2, -0.15) is 0 Å². The highest BCUT2D eigenvalue weighted by Crippen LogP contribution is 2.55. The van der Waals surface area contributed by atoms with E-state index < -0.39 is 0 Å². The van der Waals surface area contributed by atoms with Crippen LogP contribution in [0.5, 0.6) is 0 Å². The van der Waals surface area contributed by atoms with Gasteiger partial charge in [0.1, 0.15) is 0 Å². The van der Waals surface area contributed by atoms with Crippen molar-refractivity contribution in [1.29, 1.82) is 0 Å². The molecule has 1 aliphatic heterocycles. The average molecular weight is 404 g/mol. The molecule has 2 N–H and O–H groups in total. The van der Waals surface area contributed by atoms with Crippen LogP contribution in [0.2, 0.25) is 0 Å².